The van der Waals surface area contributed by atoms with Crippen molar-refractivity contribution in [1.82, 2.24) is 20.1 Å². The molecule has 150 valence electrons. The van der Waals surface area contributed by atoms with E-state index in [1.165, 1.54) is 28.7 Å². The predicted molar refractivity (Wildman–Crippen MR) is 113 cm³/mol. The second kappa shape index (κ2) is 8.69. The number of nitrogens with zero attached hydrogens (tertiary/aromatic N) is 3. The second-order valence-electron chi connectivity index (χ2n) is 7.10. The summed E-state index contributed by atoms with van der Waals surface area (Å²) in [6.07, 6.45) is 5.27. The minimum absolute atomic E-state index is 0.289. The highest BCUT2D eigenvalue weighted by atomic mass is 19.1. The van der Waals surface area contributed by atoms with Gasteiger partial charge in [0.05, 0.1) is 23.5 Å². The van der Waals surface area contributed by atoms with Crippen LogP contribution in [0.5, 0.6) is 0 Å². The largest absolute Gasteiger partial charge is 0.343 e. The third kappa shape index (κ3) is 4.43. The number of para-hydroxylation sites is 1. The van der Waals surface area contributed by atoms with Crippen LogP contribution in [0.4, 0.5) is 4.39 Å². The van der Waals surface area contributed by atoms with Gasteiger partial charge in [0.2, 0.25) is 0 Å². The van der Waals surface area contributed by atoms with Gasteiger partial charge in [0.1, 0.15) is 11.5 Å². The van der Waals surface area contributed by atoms with Crippen LogP contribution in [0.15, 0.2) is 85.3 Å². The van der Waals surface area contributed by atoms with E-state index >= 15 is 0 Å². The number of amides is 1. The van der Waals surface area contributed by atoms with Crippen LogP contribution in [-0.2, 0) is 6.42 Å². The molecule has 0 saturated carbocycles. The summed E-state index contributed by atoms with van der Waals surface area (Å²) in [5, 5.41) is 7.19. The maximum absolute atomic E-state index is 14.0. The fourth-order valence-corrected chi connectivity index (χ4v) is 3.22. The predicted octanol–water partition coefficient (Wildman–Crippen LogP) is 4.43. The Balaban J connectivity index is 1.56. The minimum Gasteiger partial charge on any atom is -0.343 e. The molecule has 0 aliphatic carbocycles. The van der Waals surface area contributed by atoms with Gasteiger partial charge in [-0.2, -0.15) is 5.10 Å². The van der Waals surface area contributed by atoms with Gasteiger partial charge in [0.15, 0.2) is 0 Å². The zero-order valence-electron chi connectivity index (χ0n) is 16.5. The Bertz CT molecular complexity index is 1140. The highest BCUT2D eigenvalue weighted by Gasteiger charge is 2.19. The fourth-order valence-electron chi connectivity index (χ4n) is 3.22. The first kappa shape index (κ1) is 19.5. The van der Waals surface area contributed by atoms with E-state index in [1.54, 1.807) is 24.4 Å². The summed E-state index contributed by atoms with van der Waals surface area (Å²) in [5.74, 6) is -0.696. The zero-order valence-corrected chi connectivity index (χ0v) is 16.5. The molecule has 2 aromatic heterocycles. The maximum Gasteiger partial charge on any atom is 0.255 e. The number of carbonyl (C=O) groups is 1. The van der Waals surface area contributed by atoms with Crippen LogP contribution >= 0.6 is 0 Å². The van der Waals surface area contributed by atoms with Crippen LogP contribution in [0.2, 0.25) is 0 Å². The Morgan fingerprint density at radius 1 is 1.07 bits per heavy atom. The van der Waals surface area contributed by atoms with E-state index in [4.69, 9.17) is 0 Å². The van der Waals surface area contributed by atoms with Gasteiger partial charge in [-0.05, 0) is 43.2 Å². The van der Waals surface area contributed by atoms with Crippen LogP contribution in [0.25, 0.3) is 5.69 Å². The summed E-state index contributed by atoms with van der Waals surface area (Å²) in [5.41, 5.74) is 3.69. The summed E-state index contributed by atoms with van der Waals surface area (Å²) in [4.78, 5) is 17.3. The monoisotopic (exact) mass is 400 g/mol. The highest BCUT2D eigenvalue weighted by Crippen LogP contribution is 2.19. The van der Waals surface area contributed by atoms with Crippen LogP contribution < -0.4 is 5.32 Å². The summed E-state index contributed by atoms with van der Waals surface area (Å²) < 4.78 is 15.4. The van der Waals surface area contributed by atoms with Gasteiger partial charge >= 0.3 is 0 Å². The number of aryl methyl sites for hydroxylation is 1. The third-order valence-corrected chi connectivity index (χ3v) is 4.85. The van der Waals surface area contributed by atoms with Gasteiger partial charge in [0.25, 0.3) is 5.91 Å². The van der Waals surface area contributed by atoms with Crippen molar-refractivity contribution in [2.75, 3.05) is 0 Å². The number of hydrogen-bond acceptors (Lipinski definition) is 3. The van der Waals surface area contributed by atoms with Gasteiger partial charge in [-0.15, -0.1) is 0 Å². The van der Waals surface area contributed by atoms with E-state index in [0.29, 0.717) is 12.0 Å². The van der Waals surface area contributed by atoms with Crippen molar-refractivity contribution in [3.8, 4) is 5.69 Å². The molecule has 2 aromatic carbocycles. The van der Waals surface area contributed by atoms with E-state index in [2.05, 4.69) is 15.4 Å². The molecule has 0 bridgehead atoms. The number of carbonyl (C=O) groups excluding carboxylic acids is 1. The first-order valence-corrected chi connectivity index (χ1v) is 9.67. The molecule has 4 aromatic rings. The lowest BCUT2D eigenvalue weighted by Gasteiger charge is -2.18. The number of halogens is 1. The Morgan fingerprint density at radius 3 is 2.57 bits per heavy atom. The van der Waals surface area contributed by atoms with Crippen molar-refractivity contribution < 1.29 is 9.18 Å². The van der Waals surface area contributed by atoms with Crippen molar-refractivity contribution in [3.05, 3.63) is 114 Å². The molecular weight excluding hydrogens is 379 g/mol. The summed E-state index contributed by atoms with van der Waals surface area (Å²) in [6.45, 7) is 2.04. The van der Waals surface area contributed by atoms with Crippen LogP contribution in [0.1, 0.15) is 33.2 Å². The molecule has 0 spiro atoms. The van der Waals surface area contributed by atoms with Crippen LogP contribution in [-0.4, -0.2) is 20.7 Å². The molecule has 6 heteroatoms. The van der Waals surface area contributed by atoms with Crippen molar-refractivity contribution in [1.29, 1.82) is 0 Å². The first-order valence-electron chi connectivity index (χ1n) is 9.67. The molecule has 1 N–H and O–H groups in total. The standard InChI is InChI=1S/C24H21FN4O/c1-17-9-11-18(12-10-17)14-22(21-7-4-5-13-26-21)28-24(30)19-15-27-29(16-19)23-8-3-2-6-20(23)25/h2-13,15-16,22H,14H2,1H3,(H,28,30). The lowest BCUT2D eigenvalue weighted by atomic mass is 10.0. The van der Waals surface area contributed by atoms with Crippen LogP contribution in [0.3, 0.4) is 0 Å². The average molecular weight is 400 g/mol. The quantitative estimate of drug-likeness (QED) is 0.521. The number of benzene rings is 2. The van der Waals surface area contributed by atoms with Gasteiger partial charge in [0, 0.05) is 12.4 Å². The van der Waals surface area contributed by atoms with Gasteiger partial charge in [-0.25, -0.2) is 9.07 Å². The topological polar surface area (TPSA) is 59.8 Å². The normalized spacial score (nSPS) is 11.8. The van der Waals surface area contributed by atoms with E-state index in [1.807, 2.05) is 49.4 Å². The molecule has 0 aliphatic heterocycles. The molecule has 1 unspecified atom stereocenters. The van der Waals surface area contributed by atoms with Crippen molar-refractivity contribution in [2.24, 2.45) is 0 Å². The molecule has 0 aliphatic rings. The van der Waals surface area contributed by atoms with Gasteiger partial charge < -0.3 is 5.32 Å². The third-order valence-electron chi connectivity index (χ3n) is 4.85. The molecule has 0 radical (unpaired) electrons. The Morgan fingerprint density at radius 2 is 1.83 bits per heavy atom. The molecular formula is C24H21FN4O. The number of rotatable bonds is 6. The van der Waals surface area contributed by atoms with E-state index in [9.17, 15) is 9.18 Å². The molecule has 4 rings (SSSR count). The Hall–Kier alpha value is -3.80. The molecule has 1 amide bonds. The number of nitrogens with one attached hydrogen (secondary N) is 1. The number of hydrogen-bond donors (Lipinski definition) is 1. The van der Waals surface area contributed by atoms with E-state index in [-0.39, 0.29) is 17.6 Å². The molecule has 0 fully saturated rings. The minimum atomic E-state index is -0.404. The van der Waals surface area contributed by atoms with Crippen molar-refractivity contribution >= 4 is 5.91 Å². The SMILES string of the molecule is Cc1ccc(CC(NC(=O)c2cnn(-c3ccccc3F)c2)c2ccccn2)cc1. The number of aromatic nitrogens is 3. The highest BCUT2D eigenvalue weighted by molar-refractivity contribution is 5.94. The summed E-state index contributed by atoms with van der Waals surface area (Å²) in [7, 11) is 0. The lowest BCUT2D eigenvalue weighted by Crippen LogP contribution is -2.30. The van der Waals surface area contributed by atoms with Gasteiger partial charge in [-0.1, -0.05) is 48.0 Å². The number of pyridine rings is 1. The van der Waals surface area contributed by atoms with Crippen LogP contribution in [0, 0.1) is 12.7 Å². The molecule has 1 atom stereocenters. The van der Waals surface area contributed by atoms with E-state index in [0.717, 1.165) is 11.3 Å². The van der Waals surface area contributed by atoms with Crippen molar-refractivity contribution in [3.63, 3.8) is 0 Å². The first-order chi connectivity index (χ1) is 14.6. The molecule has 0 saturated heterocycles. The summed E-state index contributed by atoms with van der Waals surface area (Å²) >= 11 is 0. The Labute approximate surface area is 174 Å². The lowest BCUT2D eigenvalue weighted by molar-refractivity contribution is 0.0935. The van der Waals surface area contributed by atoms with Crippen molar-refractivity contribution in [2.45, 2.75) is 19.4 Å². The fraction of sp³-hybridized carbons (Fsp3) is 0.125. The van der Waals surface area contributed by atoms with E-state index < -0.39 is 5.82 Å². The average Bonchev–Trinajstić information content (AvgIpc) is 3.26. The Kier molecular flexibility index (Phi) is 5.66. The molecule has 30 heavy (non-hydrogen) atoms. The molecule has 2 heterocycles. The molecule has 5 nitrogen and oxygen atoms in total. The summed E-state index contributed by atoms with van der Waals surface area (Å²) in [6, 6.07) is 19.8. The zero-order chi connectivity index (χ0) is 20.9. The smallest absolute Gasteiger partial charge is 0.255 e. The maximum atomic E-state index is 14.0. The second-order valence-corrected chi connectivity index (χ2v) is 7.10. The van der Waals surface area contributed by atoms with Gasteiger partial charge in [-0.3, -0.25) is 9.78 Å².